The molecule has 118 valence electrons. The summed E-state index contributed by atoms with van der Waals surface area (Å²) in [6, 6.07) is 2.85. The van der Waals surface area contributed by atoms with Crippen LogP contribution in [0.5, 0.6) is 0 Å². The third-order valence-corrected chi connectivity index (χ3v) is 6.61. The van der Waals surface area contributed by atoms with Crippen LogP contribution in [0.1, 0.15) is 19.3 Å². The molecule has 0 spiro atoms. The molecule has 2 aromatic rings. The van der Waals surface area contributed by atoms with E-state index in [9.17, 15) is 13.2 Å². The van der Waals surface area contributed by atoms with Gasteiger partial charge >= 0.3 is 0 Å². The Kier molecular flexibility index (Phi) is 4.16. The number of piperidine rings is 1. The van der Waals surface area contributed by atoms with Gasteiger partial charge in [-0.05, 0) is 30.4 Å². The number of hydrogen-bond acceptors (Lipinski definition) is 5. The molecule has 3 heterocycles. The fourth-order valence-corrected chi connectivity index (χ4v) is 5.21. The quantitative estimate of drug-likeness (QED) is 0.921. The van der Waals surface area contributed by atoms with Crippen molar-refractivity contribution in [3.05, 3.63) is 23.7 Å². The number of hydrogen-bond donors (Lipinski definition) is 1. The van der Waals surface area contributed by atoms with Crippen molar-refractivity contribution in [3.63, 3.8) is 0 Å². The topological polar surface area (TPSA) is 79.4 Å². The summed E-state index contributed by atoms with van der Waals surface area (Å²) >= 11 is 1.45. The molecule has 2 aromatic heterocycles. The highest BCUT2D eigenvalue weighted by Gasteiger charge is 2.37. The molecule has 0 saturated carbocycles. The van der Waals surface area contributed by atoms with E-state index < -0.39 is 16.1 Å². The summed E-state index contributed by atoms with van der Waals surface area (Å²) in [5.41, 5.74) is 0.783. The SMILES string of the molecule is CNC(=O)C1CCCCN1S(=O)(=O)c1cnc2ccsc2c1. The minimum Gasteiger partial charge on any atom is -0.358 e. The van der Waals surface area contributed by atoms with Crippen LogP contribution in [0.25, 0.3) is 10.2 Å². The Morgan fingerprint density at radius 2 is 2.27 bits per heavy atom. The van der Waals surface area contributed by atoms with E-state index in [1.807, 2.05) is 11.4 Å². The first-order valence-corrected chi connectivity index (χ1v) is 9.42. The third kappa shape index (κ3) is 2.62. The number of carbonyl (C=O) groups excluding carboxylic acids is 1. The Morgan fingerprint density at radius 3 is 3.05 bits per heavy atom. The lowest BCUT2D eigenvalue weighted by atomic mass is 10.0. The highest BCUT2D eigenvalue weighted by molar-refractivity contribution is 7.89. The molecule has 1 amide bonds. The highest BCUT2D eigenvalue weighted by Crippen LogP contribution is 2.28. The average molecular weight is 339 g/mol. The van der Waals surface area contributed by atoms with E-state index in [4.69, 9.17) is 0 Å². The molecule has 0 radical (unpaired) electrons. The number of thiophene rings is 1. The van der Waals surface area contributed by atoms with Crippen molar-refractivity contribution >= 4 is 37.5 Å². The van der Waals surface area contributed by atoms with E-state index in [-0.39, 0.29) is 10.8 Å². The van der Waals surface area contributed by atoms with Gasteiger partial charge in [0.1, 0.15) is 10.9 Å². The fourth-order valence-electron chi connectivity index (χ4n) is 2.73. The Hall–Kier alpha value is -1.51. The molecular weight excluding hydrogens is 322 g/mol. The fraction of sp³-hybridized carbons (Fsp3) is 0.429. The molecule has 1 aliphatic rings. The predicted octanol–water partition coefficient (Wildman–Crippen LogP) is 1.59. The predicted molar refractivity (Wildman–Crippen MR) is 85.2 cm³/mol. The van der Waals surface area contributed by atoms with E-state index >= 15 is 0 Å². The van der Waals surface area contributed by atoms with Gasteiger partial charge in [0, 0.05) is 19.8 Å². The second-order valence-electron chi connectivity index (χ2n) is 5.22. The zero-order valence-electron chi connectivity index (χ0n) is 12.2. The first kappa shape index (κ1) is 15.4. The number of pyridine rings is 1. The van der Waals surface area contributed by atoms with Crippen LogP contribution in [0.15, 0.2) is 28.6 Å². The number of aromatic nitrogens is 1. The number of rotatable bonds is 3. The number of fused-ring (bicyclic) bond motifs is 1. The maximum Gasteiger partial charge on any atom is 0.245 e. The summed E-state index contributed by atoms with van der Waals surface area (Å²) in [6.45, 7) is 0.364. The Morgan fingerprint density at radius 1 is 1.45 bits per heavy atom. The number of sulfonamides is 1. The van der Waals surface area contributed by atoms with Gasteiger partial charge in [0.15, 0.2) is 0 Å². The molecule has 1 saturated heterocycles. The maximum absolute atomic E-state index is 12.9. The molecule has 8 heteroatoms. The van der Waals surface area contributed by atoms with Gasteiger partial charge in [0.2, 0.25) is 15.9 Å². The van der Waals surface area contributed by atoms with Crippen molar-refractivity contribution in [2.75, 3.05) is 13.6 Å². The van der Waals surface area contributed by atoms with Crippen LogP contribution < -0.4 is 5.32 Å². The smallest absolute Gasteiger partial charge is 0.245 e. The van der Waals surface area contributed by atoms with Crippen LogP contribution in [0, 0.1) is 0 Å². The molecule has 1 N–H and O–H groups in total. The Bertz CT molecular complexity index is 801. The largest absolute Gasteiger partial charge is 0.358 e. The molecule has 1 aliphatic heterocycles. The Labute approximate surface area is 133 Å². The van der Waals surface area contributed by atoms with Gasteiger partial charge in [-0.25, -0.2) is 8.42 Å². The molecule has 3 rings (SSSR count). The summed E-state index contributed by atoms with van der Waals surface area (Å²) in [5.74, 6) is -0.256. The monoisotopic (exact) mass is 339 g/mol. The van der Waals surface area contributed by atoms with Crippen molar-refractivity contribution in [2.24, 2.45) is 0 Å². The average Bonchev–Trinajstić information content (AvgIpc) is 3.01. The summed E-state index contributed by atoms with van der Waals surface area (Å²) in [4.78, 5) is 16.3. The second-order valence-corrected chi connectivity index (χ2v) is 8.05. The van der Waals surface area contributed by atoms with Gasteiger partial charge in [0.05, 0.1) is 10.2 Å². The van der Waals surface area contributed by atoms with Crippen LogP contribution in [-0.2, 0) is 14.8 Å². The van der Waals surface area contributed by atoms with E-state index in [1.54, 1.807) is 6.07 Å². The lowest BCUT2D eigenvalue weighted by Crippen LogP contribution is -2.51. The van der Waals surface area contributed by atoms with E-state index in [0.717, 1.165) is 23.1 Å². The number of likely N-dealkylation sites (N-methyl/N-ethyl adjacent to an activating group) is 1. The van der Waals surface area contributed by atoms with Crippen LogP contribution in [0.2, 0.25) is 0 Å². The number of carbonyl (C=O) groups is 1. The summed E-state index contributed by atoms with van der Waals surface area (Å²) in [6.07, 6.45) is 3.54. The van der Waals surface area contributed by atoms with Gasteiger partial charge < -0.3 is 5.32 Å². The van der Waals surface area contributed by atoms with Crippen LogP contribution in [-0.4, -0.2) is 43.2 Å². The third-order valence-electron chi connectivity index (χ3n) is 3.89. The van der Waals surface area contributed by atoms with Gasteiger partial charge in [0.25, 0.3) is 0 Å². The minimum absolute atomic E-state index is 0.151. The summed E-state index contributed by atoms with van der Waals surface area (Å²) < 4.78 is 27.9. The van der Waals surface area contributed by atoms with Gasteiger partial charge in [-0.3, -0.25) is 9.78 Å². The number of amides is 1. The second kappa shape index (κ2) is 5.94. The van der Waals surface area contributed by atoms with E-state index in [2.05, 4.69) is 10.3 Å². The molecular formula is C14H17N3O3S2. The van der Waals surface area contributed by atoms with Crippen molar-refractivity contribution in [3.8, 4) is 0 Å². The zero-order valence-corrected chi connectivity index (χ0v) is 13.8. The van der Waals surface area contributed by atoms with Crippen LogP contribution in [0.4, 0.5) is 0 Å². The highest BCUT2D eigenvalue weighted by atomic mass is 32.2. The van der Waals surface area contributed by atoms with Gasteiger partial charge in [-0.15, -0.1) is 11.3 Å². The molecule has 0 aliphatic carbocycles. The normalized spacial score (nSPS) is 20.1. The summed E-state index contributed by atoms with van der Waals surface area (Å²) in [7, 11) is -2.19. The van der Waals surface area contributed by atoms with Gasteiger partial charge in [-0.2, -0.15) is 4.31 Å². The molecule has 22 heavy (non-hydrogen) atoms. The standard InChI is InChI=1S/C14H17N3O3S2/c1-15-14(18)12-4-2-3-6-17(12)22(19,20)10-8-13-11(16-9-10)5-7-21-13/h5,7-9,12H,2-4,6H2,1H3,(H,15,18). The van der Waals surface area contributed by atoms with E-state index in [0.29, 0.717) is 13.0 Å². The first-order valence-electron chi connectivity index (χ1n) is 7.11. The Balaban J connectivity index is 2.00. The van der Waals surface area contributed by atoms with Gasteiger partial charge in [-0.1, -0.05) is 6.42 Å². The lowest BCUT2D eigenvalue weighted by molar-refractivity contribution is -0.125. The molecule has 0 bridgehead atoms. The van der Waals surface area contributed by atoms with Crippen molar-refractivity contribution in [1.29, 1.82) is 0 Å². The number of nitrogens with zero attached hydrogens (tertiary/aromatic N) is 2. The van der Waals surface area contributed by atoms with Crippen LogP contribution >= 0.6 is 11.3 Å². The van der Waals surface area contributed by atoms with Crippen molar-refractivity contribution in [2.45, 2.75) is 30.2 Å². The van der Waals surface area contributed by atoms with Crippen molar-refractivity contribution < 1.29 is 13.2 Å². The molecule has 1 unspecified atom stereocenters. The molecule has 6 nitrogen and oxygen atoms in total. The molecule has 1 atom stereocenters. The maximum atomic E-state index is 12.9. The lowest BCUT2D eigenvalue weighted by Gasteiger charge is -2.33. The molecule has 1 fully saturated rings. The van der Waals surface area contributed by atoms with E-state index in [1.165, 1.54) is 28.9 Å². The van der Waals surface area contributed by atoms with Crippen LogP contribution in [0.3, 0.4) is 0 Å². The first-order chi connectivity index (χ1) is 10.5. The summed E-state index contributed by atoms with van der Waals surface area (Å²) in [5, 5.41) is 4.43. The number of nitrogens with one attached hydrogen (secondary N) is 1. The molecule has 0 aromatic carbocycles. The van der Waals surface area contributed by atoms with Crippen molar-refractivity contribution in [1.82, 2.24) is 14.6 Å². The minimum atomic E-state index is -3.72. The zero-order chi connectivity index (χ0) is 15.7.